The van der Waals surface area contributed by atoms with Crippen LogP contribution in [0.4, 0.5) is 0 Å². The number of carbonyl (C=O) groups excluding carboxylic acids is 1. The fraction of sp³-hybridized carbons (Fsp3) is 0.438. The first-order valence-corrected chi connectivity index (χ1v) is 7.03. The Labute approximate surface area is 120 Å². The van der Waals surface area contributed by atoms with Crippen molar-refractivity contribution in [2.45, 2.75) is 18.9 Å². The van der Waals surface area contributed by atoms with Gasteiger partial charge in [0.1, 0.15) is 5.75 Å². The van der Waals surface area contributed by atoms with Gasteiger partial charge >= 0.3 is 0 Å². The largest absolute Gasteiger partial charge is 0.494 e. The summed E-state index contributed by atoms with van der Waals surface area (Å²) in [6.07, 6.45) is 5.38. The predicted molar refractivity (Wildman–Crippen MR) is 79.4 cm³/mol. The molecule has 2 unspecified atom stereocenters. The summed E-state index contributed by atoms with van der Waals surface area (Å²) in [6.45, 7) is 1.31. The maximum Gasteiger partial charge on any atom is 0.229 e. The second-order valence-electron chi connectivity index (χ2n) is 5.17. The molecular weight excluding hydrogens is 252 g/mol. The quantitative estimate of drug-likeness (QED) is 0.636. The van der Waals surface area contributed by atoms with Crippen LogP contribution in [0.25, 0.3) is 0 Å². The fourth-order valence-corrected chi connectivity index (χ4v) is 2.31. The van der Waals surface area contributed by atoms with Crippen LogP contribution in [0.15, 0.2) is 42.5 Å². The Morgan fingerprint density at radius 1 is 1.35 bits per heavy atom. The van der Waals surface area contributed by atoms with Crippen molar-refractivity contribution in [3.63, 3.8) is 0 Å². The van der Waals surface area contributed by atoms with Crippen molar-refractivity contribution in [3.8, 4) is 5.75 Å². The molecule has 2 N–H and O–H groups in total. The Morgan fingerprint density at radius 2 is 2.10 bits per heavy atom. The molecule has 108 valence electrons. The molecule has 0 fully saturated rings. The standard InChI is InChI=1S/C16H22N2O2/c1-18(16(19)13-8-9-14(17)12-13)10-5-11-20-15-6-3-2-4-7-15/h2-4,6-9,13-14H,5,10-12,17H2,1H3. The van der Waals surface area contributed by atoms with E-state index in [-0.39, 0.29) is 17.9 Å². The highest BCUT2D eigenvalue weighted by Gasteiger charge is 2.24. The van der Waals surface area contributed by atoms with Crippen LogP contribution in [0.2, 0.25) is 0 Å². The van der Waals surface area contributed by atoms with Gasteiger partial charge < -0.3 is 15.4 Å². The van der Waals surface area contributed by atoms with Crippen LogP contribution in [-0.2, 0) is 4.79 Å². The van der Waals surface area contributed by atoms with Crippen LogP contribution in [0.1, 0.15) is 12.8 Å². The highest BCUT2D eigenvalue weighted by molar-refractivity contribution is 5.81. The summed E-state index contributed by atoms with van der Waals surface area (Å²) in [4.78, 5) is 13.9. The van der Waals surface area contributed by atoms with E-state index in [1.165, 1.54) is 0 Å². The molecule has 2 atom stereocenters. The lowest BCUT2D eigenvalue weighted by molar-refractivity contribution is -0.132. The summed E-state index contributed by atoms with van der Waals surface area (Å²) in [5, 5.41) is 0. The van der Waals surface area contributed by atoms with Crippen LogP contribution in [0.5, 0.6) is 5.75 Å². The normalized spacial score (nSPS) is 20.9. The van der Waals surface area contributed by atoms with Crippen molar-refractivity contribution in [2.75, 3.05) is 20.2 Å². The highest BCUT2D eigenvalue weighted by Crippen LogP contribution is 2.18. The minimum absolute atomic E-state index is 0.0266. The fourth-order valence-electron chi connectivity index (χ4n) is 2.31. The molecule has 0 bridgehead atoms. The van der Waals surface area contributed by atoms with Crippen molar-refractivity contribution in [1.82, 2.24) is 4.90 Å². The van der Waals surface area contributed by atoms with E-state index >= 15 is 0 Å². The number of hydrogen-bond acceptors (Lipinski definition) is 3. The number of carbonyl (C=O) groups is 1. The summed E-state index contributed by atoms with van der Waals surface area (Å²) in [7, 11) is 1.84. The van der Waals surface area contributed by atoms with Crippen LogP contribution in [0.3, 0.4) is 0 Å². The van der Waals surface area contributed by atoms with Crippen LogP contribution in [0, 0.1) is 5.92 Å². The summed E-state index contributed by atoms with van der Waals surface area (Å²) in [6, 6.07) is 9.73. The van der Waals surface area contributed by atoms with E-state index in [1.54, 1.807) is 4.90 Å². The number of nitrogens with zero attached hydrogens (tertiary/aromatic N) is 1. The van der Waals surface area contributed by atoms with Crippen molar-refractivity contribution < 1.29 is 9.53 Å². The molecule has 0 saturated heterocycles. The van der Waals surface area contributed by atoms with Gasteiger partial charge in [-0.1, -0.05) is 30.4 Å². The average Bonchev–Trinajstić information content (AvgIpc) is 2.90. The zero-order valence-electron chi connectivity index (χ0n) is 11.9. The number of benzene rings is 1. The van der Waals surface area contributed by atoms with Crippen molar-refractivity contribution in [2.24, 2.45) is 11.7 Å². The molecule has 1 aromatic carbocycles. The third-order valence-corrected chi connectivity index (χ3v) is 3.46. The molecule has 4 nitrogen and oxygen atoms in total. The van der Waals surface area contributed by atoms with Gasteiger partial charge in [0.05, 0.1) is 12.5 Å². The molecule has 0 aliphatic heterocycles. The predicted octanol–water partition coefficient (Wildman–Crippen LogP) is 1.82. The third kappa shape index (κ3) is 4.10. The Bertz CT molecular complexity index is 459. The smallest absolute Gasteiger partial charge is 0.229 e. The molecule has 4 heteroatoms. The molecule has 20 heavy (non-hydrogen) atoms. The SMILES string of the molecule is CN(CCCOc1ccccc1)C(=O)C1C=CC(N)C1. The zero-order valence-corrected chi connectivity index (χ0v) is 11.9. The molecule has 1 amide bonds. The van der Waals surface area contributed by atoms with E-state index in [2.05, 4.69) is 0 Å². The van der Waals surface area contributed by atoms with Crippen molar-refractivity contribution in [3.05, 3.63) is 42.5 Å². The number of nitrogens with two attached hydrogens (primary N) is 1. The first-order valence-electron chi connectivity index (χ1n) is 7.03. The number of rotatable bonds is 6. The summed E-state index contributed by atoms with van der Waals surface area (Å²) >= 11 is 0. The van der Waals surface area contributed by atoms with Gasteiger partial charge in [-0.05, 0) is 25.0 Å². The maximum absolute atomic E-state index is 12.1. The van der Waals surface area contributed by atoms with E-state index in [0.717, 1.165) is 18.6 Å². The van der Waals surface area contributed by atoms with Crippen molar-refractivity contribution >= 4 is 5.91 Å². The van der Waals surface area contributed by atoms with Gasteiger partial charge in [0.2, 0.25) is 5.91 Å². The van der Waals surface area contributed by atoms with Gasteiger partial charge in [0, 0.05) is 19.6 Å². The van der Waals surface area contributed by atoms with Gasteiger partial charge in [-0.3, -0.25) is 4.79 Å². The maximum atomic E-state index is 12.1. The first-order chi connectivity index (χ1) is 9.66. The molecule has 0 heterocycles. The zero-order chi connectivity index (χ0) is 14.4. The minimum Gasteiger partial charge on any atom is -0.494 e. The first kappa shape index (κ1) is 14.6. The molecule has 0 radical (unpaired) electrons. The molecule has 1 aliphatic carbocycles. The molecule has 1 aliphatic rings. The lowest BCUT2D eigenvalue weighted by Gasteiger charge is -2.20. The number of hydrogen-bond donors (Lipinski definition) is 1. The van der Waals surface area contributed by atoms with Gasteiger partial charge in [-0.25, -0.2) is 0 Å². The second kappa shape index (κ2) is 7.10. The average molecular weight is 274 g/mol. The highest BCUT2D eigenvalue weighted by atomic mass is 16.5. The van der Waals surface area contributed by atoms with Crippen LogP contribution >= 0.6 is 0 Å². The Morgan fingerprint density at radius 3 is 2.75 bits per heavy atom. The van der Waals surface area contributed by atoms with E-state index in [1.807, 2.05) is 49.5 Å². The van der Waals surface area contributed by atoms with E-state index in [0.29, 0.717) is 13.2 Å². The third-order valence-electron chi connectivity index (χ3n) is 3.46. The Kier molecular flexibility index (Phi) is 5.18. The Balaban J connectivity index is 1.66. The summed E-state index contributed by atoms with van der Waals surface area (Å²) < 4.78 is 5.61. The van der Waals surface area contributed by atoms with E-state index < -0.39 is 0 Å². The molecule has 2 rings (SSSR count). The van der Waals surface area contributed by atoms with Crippen LogP contribution in [-0.4, -0.2) is 37.0 Å². The summed E-state index contributed by atoms with van der Waals surface area (Å²) in [5.41, 5.74) is 5.77. The molecule has 0 aromatic heterocycles. The number of para-hydroxylation sites is 1. The van der Waals surface area contributed by atoms with Crippen molar-refractivity contribution in [1.29, 1.82) is 0 Å². The number of amides is 1. The minimum atomic E-state index is -0.0509. The molecule has 0 spiro atoms. The molecule has 1 aromatic rings. The topological polar surface area (TPSA) is 55.6 Å². The van der Waals surface area contributed by atoms with Gasteiger partial charge in [-0.2, -0.15) is 0 Å². The van der Waals surface area contributed by atoms with E-state index in [9.17, 15) is 4.79 Å². The van der Waals surface area contributed by atoms with Gasteiger partial charge in [0.15, 0.2) is 0 Å². The second-order valence-corrected chi connectivity index (χ2v) is 5.17. The van der Waals surface area contributed by atoms with Crippen LogP contribution < -0.4 is 10.5 Å². The monoisotopic (exact) mass is 274 g/mol. The Hall–Kier alpha value is -1.81. The lowest BCUT2D eigenvalue weighted by atomic mass is 10.1. The molecule has 0 saturated carbocycles. The lowest BCUT2D eigenvalue weighted by Crippen LogP contribution is -2.34. The summed E-state index contributed by atoms with van der Waals surface area (Å²) in [5.74, 6) is 0.963. The van der Waals surface area contributed by atoms with Gasteiger partial charge in [-0.15, -0.1) is 0 Å². The molecular formula is C16H22N2O2. The van der Waals surface area contributed by atoms with Gasteiger partial charge in [0.25, 0.3) is 0 Å². The van der Waals surface area contributed by atoms with E-state index in [4.69, 9.17) is 10.5 Å². The number of ether oxygens (including phenoxy) is 1.